The van der Waals surface area contributed by atoms with Crippen LogP contribution in [0.2, 0.25) is 0 Å². The molecule has 2 aromatic rings. The molecule has 2 aliphatic heterocycles. The van der Waals surface area contributed by atoms with Gasteiger partial charge in [-0.25, -0.2) is 9.97 Å². The number of hydrogen-bond acceptors (Lipinski definition) is 5. The van der Waals surface area contributed by atoms with E-state index in [9.17, 15) is 4.79 Å². The molecule has 1 amide bonds. The summed E-state index contributed by atoms with van der Waals surface area (Å²) in [6.07, 6.45) is 7.09. The maximum atomic E-state index is 12.7. The van der Waals surface area contributed by atoms with Crippen molar-refractivity contribution in [2.75, 3.05) is 26.3 Å². The summed E-state index contributed by atoms with van der Waals surface area (Å²) < 4.78 is 5.37. The summed E-state index contributed by atoms with van der Waals surface area (Å²) in [6.45, 7) is 3.00. The molecule has 4 heterocycles. The fourth-order valence-corrected chi connectivity index (χ4v) is 3.67. The highest BCUT2D eigenvalue weighted by molar-refractivity contribution is 5.79. The molecule has 7 nitrogen and oxygen atoms in total. The van der Waals surface area contributed by atoms with Gasteiger partial charge in [0.05, 0.1) is 5.69 Å². The number of amides is 1. The largest absolute Gasteiger partial charge is 0.381 e. The number of nitrogens with one attached hydrogen (secondary N) is 1. The zero-order chi connectivity index (χ0) is 15.6. The third kappa shape index (κ3) is 2.81. The molecule has 7 heteroatoms. The Bertz CT molecular complexity index is 695. The van der Waals surface area contributed by atoms with Gasteiger partial charge >= 0.3 is 0 Å². The maximum absolute atomic E-state index is 12.7. The number of carbonyl (C=O) groups is 1. The van der Waals surface area contributed by atoms with Crippen LogP contribution >= 0.6 is 0 Å². The number of piperidine rings is 1. The number of hydrogen-bond donors (Lipinski definition) is 1. The second-order valence-corrected chi connectivity index (χ2v) is 6.38. The van der Waals surface area contributed by atoms with Gasteiger partial charge in [0.25, 0.3) is 0 Å². The number of likely N-dealkylation sites (tertiary alicyclic amines) is 1. The van der Waals surface area contributed by atoms with Crippen LogP contribution in [-0.4, -0.2) is 57.3 Å². The molecule has 1 N–H and O–H groups in total. The zero-order valence-electron chi connectivity index (χ0n) is 13.1. The number of aromatic nitrogens is 4. The van der Waals surface area contributed by atoms with Gasteiger partial charge in [-0.2, -0.15) is 5.10 Å². The second-order valence-electron chi connectivity index (χ2n) is 6.38. The molecule has 2 aromatic heterocycles. The van der Waals surface area contributed by atoms with E-state index in [0.29, 0.717) is 18.9 Å². The lowest BCUT2D eigenvalue weighted by molar-refractivity contribution is -0.139. The number of carbonyl (C=O) groups excluding carboxylic acids is 1. The van der Waals surface area contributed by atoms with Gasteiger partial charge in [0.1, 0.15) is 5.52 Å². The first-order chi connectivity index (χ1) is 11.3. The summed E-state index contributed by atoms with van der Waals surface area (Å²) in [4.78, 5) is 23.4. The molecule has 1 atom stereocenters. The van der Waals surface area contributed by atoms with Crippen LogP contribution in [0.25, 0.3) is 11.2 Å². The molecule has 122 valence electrons. The Kier molecular flexibility index (Phi) is 3.95. The van der Waals surface area contributed by atoms with Crippen LogP contribution in [0, 0.1) is 5.92 Å². The average molecular weight is 315 g/mol. The van der Waals surface area contributed by atoms with Crippen molar-refractivity contribution in [2.24, 2.45) is 5.92 Å². The predicted molar refractivity (Wildman–Crippen MR) is 83.8 cm³/mol. The first-order valence-corrected chi connectivity index (χ1v) is 8.34. The quantitative estimate of drug-likeness (QED) is 0.907. The number of nitrogens with zero attached hydrogens (tertiary/aromatic N) is 4. The highest BCUT2D eigenvalue weighted by Gasteiger charge is 2.32. The lowest BCUT2D eigenvalue weighted by atomic mass is 9.91. The van der Waals surface area contributed by atoms with Crippen molar-refractivity contribution in [3.05, 3.63) is 18.1 Å². The number of H-pyrrole nitrogens is 1. The Labute approximate surface area is 134 Å². The van der Waals surface area contributed by atoms with Crippen molar-refractivity contribution in [1.82, 2.24) is 25.1 Å². The van der Waals surface area contributed by atoms with Crippen LogP contribution in [0.4, 0.5) is 0 Å². The van der Waals surface area contributed by atoms with E-state index in [1.807, 2.05) is 4.90 Å². The summed E-state index contributed by atoms with van der Waals surface area (Å²) in [6, 6.07) is 0. The van der Waals surface area contributed by atoms with Gasteiger partial charge in [-0.15, -0.1) is 0 Å². The molecule has 0 bridgehead atoms. The van der Waals surface area contributed by atoms with E-state index in [4.69, 9.17) is 4.74 Å². The van der Waals surface area contributed by atoms with Crippen LogP contribution in [0.1, 0.15) is 37.3 Å². The lowest BCUT2D eigenvalue weighted by Crippen LogP contribution is -2.43. The van der Waals surface area contributed by atoms with E-state index < -0.39 is 0 Å². The van der Waals surface area contributed by atoms with Crippen LogP contribution in [0.15, 0.2) is 12.4 Å². The van der Waals surface area contributed by atoms with E-state index in [2.05, 4.69) is 20.2 Å². The third-order valence-corrected chi connectivity index (χ3v) is 4.93. The van der Waals surface area contributed by atoms with E-state index in [1.54, 1.807) is 12.4 Å². The van der Waals surface area contributed by atoms with Gasteiger partial charge in [-0.05, 0) is 25.7 Å². The standard InChI is InChI=1S/C16H21N5O2/c22-16(11-3-8-23-9-4-11)21-7-1-2-12(10-21)13-14-15(20-19-13)18-6-5-17-14/h5-6,11-12H,1-4,7-10H2,(H,18,19,20)/t12-/m1/s1. The van der Waals surface area contributed by atoms with E-state index in [-0.39, 0.29) is 17.7 Å². The number of aromatic amines is 1. The van der Waals surface area contributed by atoms with E-state index in [0.717, 1.165) is 50.0 Å². The van der Waals surface area contributed by atoms with Gasteiger partial charge in [0.2, 0.25) is 5.91 Å². The van der Waals surface area contributed by atoms with Gasteiger partial charge in [0.15, 0.2) is 5.65 Å². The average Bonchev–Trinajstić information content (AvgIpc) is 3.06. The number of rotatable bonds is 2. The van der Waals surface area contributed by atoms with Crippen molar-refractivity contribution < 1.29 is 9.53 Å². The van der Waals surface area contributed by atoms with Crippen molar-refractivity contribution in [3.8, 4) is 0 Å². The summed E-state index contributed by atoms with van der Waals surface area (Å²) in [7, 11) is 0. The minimum atomic E-state index is 0.126. The molecule has 2 fully saturated rings. The van der Waals surface area contributed by atoms with Crippen LogP contribution in [0.3, 0.4) is 0 Å². The molecule has 0 unspecified atom stereocenters. The molecule has 0 saturated carbocycles. The van der Waals surface area contributed by atoms with Crippen LogP contribution in [-0.2, 0) is 9.53 Å². The molecule has 23 heavy (non-hydrogen) atoms. The smallest absolute Gasteiger partial charge is 0.225 e. The molecule has 2 saturated heterocycles. The van der Waals surface area contributed by atoms with Gasteiger partial charge in [-0.1, -0.05) is 0 Å². The van der Waals surface area contributed by atoms with Crippen LogP contribution < -0.4 is 0 Å². The van der Waals surface area contributed by atoms with Crippen molar-refractivity contribution in [1.29, 1.82) is 0 Å². The monoisotopic (exact) mass is 315 g/mol. The molecule has 0 aromatic carbocycles. The Morgan fingerprint density at radius 2 is 2.04 bits per heavy atom. The van der Waals surface area contributed by atoms with Gasteiger partial charge in [0, 0.05) is 50.5 Å². The molecular formula is C16H21N5O2. The Morgan fingerprint density at radius 3 is 2.91 bits per heavy atom. The van der Waals surface area contributed by atoms with Crippen LogP contribution in [0.5, 0.6) is 0 Å². The molecule has 0 aliphatic carbocycles. The summed E-state index contributed by atoms with van der Waals surface area (Å²) in [5.74, 6) is 0.669. The fraction of sp³-hybridized carbons (Fsp3) is 0.625. The maximum Gasteiger partial charge on any atom is 0.225 e. The minimum Gasteiger partial charge on any atom is -0.381 e. The predicted octanol–water partition coefficient (Wildman–Crippen LogP) is 1.49. The highest BCUT2D eigenvalue weighted by atomic mass is 16.5. The SMILES string of the molecule is O=C(C1CCOCC1)N1CCC[C@@H](c2[nH]nc3nccnc23)C1. The van der Waals surface area contributed by atoms with Crippen molar-refractivity contribution in [2.45, 2.75) is 31.6 Å². The Morgan fingerprint density at radius 1 is 1.22 bits per heavy atom. The molecular weight excluding hydrogens is 294 g/mol. The highest BCUT2D eigenvalue weighted by Crippen LogP contribution is 2.30. The number of ether oxygens (including phenoxy) is 1. The minimum absolute atomic E-state index is 0.126. The molecule has 0 spiro atoms. The van der Waals surface area contributed by atoms with E-state index in [1.165, 1.54) is 0 Å². The third-order valence-electron chi connectivity index (χ3n) is 4.93. The van der Waals surface area contributed by atoms with Gasteiger partial charge < -0.3 is 9.64 Å². The fourth-order valence-electron chi connectivity index (χ4n) is 3.67. The van der Waals surface area contributed by atoms with Gasteiger partial charge in [-0.3, -0.25) is 9.89 Å². The first kappa shape index (κ1) is 14.6. The lowest BCUT2D eigenvalue weighted by Gasteiger charge is -2.35. The first-order valence-electron chi connectivity index (χ1n) is 8.34. The topological polar surface area (TPSA) is 84.0 Å². The number of fused-ring (bicyclic) bond motifs is 1. The van der Waals surface area contributed by atoms with Crippen molar-refractivity contribution in [3.63, 3.8) is 0 Å². The summed E-state index contributed by atoms with van der Waals surface area (Å²) >= 11 is 0. The second kappa shape index (κ2) is 6.23. The summed E-state index contributed by atoms with van der Waals surface area (Å²) in [5.41, 5.74) is 2.49. The summed E-state index contributed by atoms with van der Waals surface area (Å²) in [5, 5.41) is 7.32. The molecule has 0 radical (unpaired) electrons. The Hall–Kier alpha value is -2.02. The molecule has 2 aliphatic rings. The van der Waals surface area contributed by atoms with E-state index >= 15 is 0 Å². The molecule has 4 rings (SSSR count). The normalized spacial score (nSPS) is 23.3. The van der Waals surface area contributed by atoms with Crippen molar-refractivity contribution >= 4 is 17.1 Å². The Balaban J connectivity index is 1.51. The zero-order valence-corrected chi connectivity index (χ0v) is 13.1.